The second kappa shape index (κ2) is 10.4. The number of hydrogen-bond acceptors (Lipinski definition) is 6. The quantitative estimate of drug-likeness (QED) is 0.411. The first-order valence-electron chi connectivity index (χ1n) is 11.2. The lowest BCUT2D eigenvalue weighted by Gasteiger charge is -2.33. The Morgan fingerprint density at radius 3 is 2.55 bits per heavy atom. The van der Waals surface area contributed by atoms with Crippen LogP contribution >= 0.6 is 11.3 Å². The van der Waals surface area contributed by atoms with E-state index in [1.54, 1.807) is 39.4 Å². The van der Waals surface area contributed by atoms with E-state index in [1.807, 2.05) is 6.07 Å². The second-order valence-electron chi connectivity index (χ2n) is 9.17. The highest BCUT2D eigenvalue weighted by Gasteiger charge is 2.34. The molecule has 0 aliphatic heterocycles. The largest absolute Gasteiger partial charge is 0.493 e. The Morgan fingerprint density at radius 1 is 1.18 bits per heavy atom. The Morgan fingerprint density at radius 2 is 1.91 bits per heavy atom. The van der Waals surface area contributed by atoms with Crippen molar-refractivity contribution in [1.82, 2.24) is 0 Å². The molecule has 0 spiro atoms. The van der Waals surface area contributed by atoms with E-state index in [1.165, 1.54) is 22.3 Å². The lowest BCUT2D eigenvalue weighted by atomic mass is 9.72. The monoisotopic (exact) mass is 471 g/mol. The summed E-state index contributed by atoms with van der Waals surface area (Å²) in [5.41, 5.74) is 2.53. The number of fused-ring (bicyclic) bond motifs is 1. The molecule has 0 bridgehead atoms. The SMILES string of the molecule is CCOC(=O)c1c(NC(=O)/C=C/c2ccc(OC)c(OC)c2)sc2c1CC[C@H](C(C)(C)C)C2. The summed E-state index contributed by atoms with van der Waals surface area (Å²) in [5.74, 6) is 1.07. The number of methoxy groups -OCH3 is 2. The van der Waals surface area contributed by atoms with Gasteiger partial charge in [-0.1, -0.05) is 26.8 Å². The summed E-state index contributed by atoms with van der Waals surface area (Å²) in [4.78, 5) is 26.7. The molecule has 0 fully saturated rings. The first-order chi connectivity index (χ1) is 15.7. The summed E-state index contributed by atoms with van der Waals surface area (Å²) in [6.07, 6.45) is 5.90. The van der Waals surface area contributed by atoms with Crippen LogP contribution in [0.5, 0.6) is 11.5 Å². The van der Waals surface area contributed by atoms with Gasteiger partial charge in [0.2, 0.25) is 5.91 Å². The van der Waals surface area contributed by atoms with Gasteiger partial charge in [0.05, 0.1) is 26.4 Å². The molecular formula is C26H33NO5S. The van der Waals surface area contributed by atoms with E-state index in [9.17, 15) is 9.59 Å². The number of thiophene rings is 1. The minimum atomic E-state index is -0.372. The molecule has 6 nitrogen and oxygen atoms in total. The summed E-state index contributed by atoms with van der Waals surface area (Å²) >= 11 is 1.49. The van der Waals surface area contributed by atoms with E-state index in [2.05, 4.69) is 26.1 Å². The Balaban J connectivity index is 1.84. The van der Waals surface area contributed by atoms with Crippen LogP contribution in [0, 0.1) is 11.3 Å². The van der Waals surface area contributed by atoms with Crippen LogP contribution in [-0.2, 0) is 22.4 Å². The Kier molecular flexibility index (Phi) is 7.84. The number of ether oxygens (including phenoxy) is 3. The van der Waals surface area contributed by atoms with Crippen molar-refractivity contribution in [2.24, 2.45) is 11.3 Å². The van der Waals surface area contributed by atoms with Gasteiger partial charge in [0, 0.05) is 11.0 Å². The first kappa shape index (κ1) is 24.8. The van der Waals surface area contributed by atoms with Crippen LogP contribution < -0.4 is 14.8 Å². The summed E-state index contributed by atoms with van der Waals surface area (Å²) in [5, 5.41) is 3.48. The number of anilines is 1. The molecule has 1 aromatic heterocycles. The van der Waals surface area contributed by atoms with Crippen LogP contribution in [0.15, 0.2) is 24.3 Å². The summed E-state index contributed by atoms with van der Waals surface area (Å²) in [6.45, 7) is 8.84. The molecule has 0 saturated carbocycles. The minimum Gasteiger partial charge on any atom is -0.493 e. The predicted molar refractivity (Wildman–Crippen MR) is 132 cm³/mol. The topological polar surface area (TPSA) is 73.9 Å². The molecule has 1 aliphatic carbocycles. The fraction of sp³-hybridized carbons (Fsp3) is 0.462. The number of carbonyl (C=O) groups excluding carboxylic acids is 2. The molecular weight excluding hydrogens is 438 g/mol. The van der Waals surface area contributed by atoms with Crippen molar-refractivity contribution < 1.29 is 23.8 Å². The number of esters is 1. The Labute approximate surface area is 199 Å². The summed E-state index contributed by atoms with van der Waals surface area (Å²) < 4.78 is 15.9. The molecule has 1 amide bonds. The fourth-order valence-corrected chi connectivity index (χ4v) is 5.43. The van der Waals surface area contributed by atoms with E-state index >= 15 is 0 Å². The van der Waals surface area contributed by atoms with E-state index in [4.69, 9.17) is 14.2 Å². The fourth-order valence-electron chi connectivity index (χ4n) is 4.11. The van der Waals surface area contributed by atoms with E-state index in [0.29, 0.717) is 34.6 Å². The lowest BCUT2D eigenvalue weighted by Crippen LogP contribution is -2.26. The zero-order chi connectivity index (χ0) is 24.2. The van der Waals surface area contributed by atoms with Crippen LogP contribution in [0.2, 0.25) is 0 Å². The van der Waals surface area contributed by atoms with Crippen LogP contribution in [0.1, 0.15) is 60.5 Å². The minimum absolute atomic E-state index is 0.192. The standard InChI is InChI=1S/C26H33NO5S/c1-7-32-25(29)23-18-11-10-17(26(2,3)4)15-21(18)33-24(23)27-22(28)13-9-16-8-12-19(30-5)20(14-16)31-6/h8-9,12-14,17H,7,10-11,15H2,1-6H3,(H,27,28)/b13-9+/t17-/m0/s1. The van der Waals surface area contributed by atoms with Gasteiger partial charge in [0.25, 0.3) is 0 Å². The van der Waals surface area contributed by atoms with Gasteiger partial charge in [-0.25, -0.2) is 4.79 Å². The lowest BCUT2D eigenvalue weighted by molar-refractivity contribution is -0.111. The number of amides is 1. The zero-order valence-electron chi connectivity index (χ0n) is 20.2. The van der Waals surface area contributed by atoms with Crippen molar-refractivity contribution in [2.45, 2.75) is 47.0 Å². The van der Waals surface area contributed by atoms with Crippen LogP contribution in [0.3, 0.4) is 0 Å². The van der Waals surface area contributed by atoms with Gasteiger partial charge < -0.3 is 19.5 Å². The molecule has 2 aromatic rings. The average molecular weight is 472 g/mol. The first-order valence-corrected chi connectivity index (χ1v) is 12.0. The molecule has 0 saturated heterocycles. The van der Waals surface area contributed by atoms with Crippen LogP contribution in [0.25, 0.3) is 6.08 Å². The maximum Gasteiger partial charge on any atom is 0.341 e. The average Bonchev–Trinajstić information content (AvgIpc) is 3.14. The molecule has 1 atom stereocenters. The molecule has 178 valence electrons. The number of nitrogens with one attached hydrogen (secondary N) is 1. The van der Waals surface area contributed by atoms with Gasteiger partial charge in [-0.15, -0.1) is 11.3 Å². The third-order valence-corrected chi connectivity index (χ3v) is 7.21. The van der Waals surface area contributed by atoms with Gasteiger partial charge in [-0.05, 0) is 66.9 Å². The summed E-state index contributed by atoms with van der Waals surface area (Å²) in [6, 6.07) is 5.42. The van der Waals surface area contributed by atoms with Crippen molar-refractivity contribution >= 4 is 34.3 Å². The van der Waals surface area contributed by atoms with Gasteiger partial charge in [-0.2, -0.15) is 0 Å². The normalized spacial score (nSPS) is 15.8. The van der Waals surface area contributed by atoms with Gasteiger partial charge >= 0.3 is 5.97 Å². The molecule has 1 N–H and O–H groups in total. The molecule has 1 heterocycles. The van der Waals surface area contributed by atoms with E-state index < -0.39 is 0 Å². The van der Waals surface area contributed by atoms with Crippen molar-refractivity contribution in [3.8, 4) is 11.5 Å². The van der Waals surface area contributed by atoms with Crippen LogP contribution in [-0.4, -0.2) is 32.7 Å². The summed E-state index contributed by atoms with van der Waals surface area (Å²) in [7, 11) is 3.14. The molecule has 0 radical (unpaired) electrons. The molecule has 7 heteroatoms. The maximum atomic E-state index is 12.8. The molecule has 1 aromatic carbocycles. The third kappa shape index (κ3) is 5.77. The van der Waals surface area contributed by atoms with Crippen molar-refractivity contribution in [1.29, 1.82) is 0 Å². The predicted octanol–water partition coefficient (Wildman–Crippen LogP) is 5.74. The number of benzene rings is 1. The van der Waals surface area contributed by atoms with Crippen molar-refractivity contribution in [3.05, 3.63) is 45.8 Å². The van der Waals surface area contributed by atoms with Crippen molar-refractivity contribution in [2.75, 3.05) is 26.1 Å². The van der Waals surface area contributed by atoms with E-state index in [-0.39, 0.29) is 17.3 Å². The number of hydrogen-bond donors (Lipinski definition) is 1. The van der Waals surface area contributed by atoms with Crippen molar-refractivity contribution in [3.63, 3.8) is 0 Å². The smallest absolute Gasteiger partial charge is 0.341 e. The molecule has 3 rings (SSSR count). The Hall–Kier alpha value is -2.80. The number of carbonyl (C=O) groups is 2. The molecule has 0 unspecified atom stereocenters. The number of rotatable bonds is 7. The molecule has 1 aliphatic rings. The highest BCUT2D eigenvalue weighted by atomic mass is 32.1. The van der Waals surface area contributed by atoms with Gasteiger partial charge in [-0.3, -0.25) is 4.79 Å². The Bertz CT molecular complexity index is 1050. The maximum absolute atomic E-state index is 12.8. The van der Waals surface area contributed by atoms with Gasteiger partial charge in [0.1, 0.15) is 5.00 Å². The van der Waals surface area contributed by atoms with E-state index in [0.717, 1.165) is 30.4 Å². The highest BCUT2D eigenvalue weighted by Crippen LogP contribution is 2.44. The third-order valence-electron chi connectivity index (χ3n) is 6.04. The second-order valence-corrected chi connectivity index (χ2v) is 10.3. The molecule has 33 heavy (non-hydrogen) atoms. The van der Waals surface area contributed by atoms with Crippen LogP contribution in [0.4, 0.5) is 5.00 Å². The zero-order valence-corrected chi connectivity index (χ0v) is 21.1. The van der Waals surface area contributed by atoms with Gasteiger partial charge in [0.15, 0.2) is 11.5 Å². The highest BCUT2D eigenvalue weighted by molar-refractivity contribution is 7.17.